The Morgan fingerprint density at radius 1 is 0.591 bits per heavy atom. The lowest BCUT2D eigenvalue weighted by molar-refractivity contribution is 0.383. The third-order valence-electron chi connectivity index (χ3n) is 5.23. The van der Waals surface area contributed by atoms with Crippen LogP contribution in [0.25, 0.3) is 0 Å². The molecule has 0 saturated heterocycles. The largest absolute Gasteiger partial charge is 0.0619 e. The molecule has 0 aromatic heterocycles. The SMILES string of the molecule is Cc1ccc(CC(C)C(C)Cc2ccc(C)c(C)c2)cc1C. The summed E-state index contributed by atoms with van der Waals surface area (Å²) in [6.45, 7) is 13.6. The normalized spacial score (nSPS) is 13.9. The van der Waals surface area contributed by atoms with Crippen LogP contribution in [0.1, 0.15) is 47.2 Å². The van der Waals surface area contributed by atoms with Gasteiger partial charge in [-0.05, 0) is 85.8 Å². The molecule has 0 fully saturated rings. The van der Waals surface area contributed by atoms with Crippen LogP contribution in [0, 0.1) is 39.5 Å². The van der Waals surface area contributed by atoms with Crippen LogP contribution < -0.4 is 0 Å². The molecule has 2 unspecified atom stereocenters. The smallest absolute Gasteiger partial charge is 0.0250 e. The first-order chi connectivity index (χ1) is 10.4. The highest BCUT2D eigenvalue weighted by Crippen LogP contribution is 2.23. The van der Waals surface area contributed by atoms with Crippen LogP contribution in [-0.2, 0) is 12.8 Å². The predicted molar refractivity (Wildman–Crippen MR) is 97.6 cm³/mol. The number of hydrogen-bond donors (Lipinski definition) is 0. The zero-order chi connectivity index (χ0) is 16.3. The van der Waals surface area contributed by atoms with E-state index >= 15 is 0 Å². The van der Waals surface area contributed by atoms with E-state index in [2.05, 4.69) is 77.9 Å². The van der Waals surface area contributed by atoms with Gasteiger partial charge >= 0.3 is 0 Å². The van der Waals surface area contributed by atoms with Crippen molar-refractivity contribution in [3.8, 4) is 0 Å². The van der Waals surface area contributed by atoms with E-state index in [9.17, 15) is 0 Å². The minimum Gasteiger partial charge on any atom is -0.0619 e. The van der Waals surface area contributed by atoms with Gasteiger partial charge in [-0.2, -0.15) is 0 Å². The maximum absolute atomic E-state index is 2.39. The highest BCUT2D eigenvalue weighted by atomic mass is 14.2. The first kappa shape index (κ1) is 16.8. The second kappa shape index (κ2) is 7.13. The number of aryl methyl sites for hydroxylation is 4. The fourth-order valence-corrected chi connectivity index (χ4v) is 3.01. The van der Waals surface area contributed by atoms with Crippen LogP contribution in [0.3, 0.4) is 0 Å². The van der Waals surface area contributed by atoms with E-state index in [-0.39, 0.29) is 0 Å². The van der Waals surface area contributed by atoms with E-state index in [4.69, 9.17) is 0 Å². The van der Waals surface area contributed by atoms with Crippen LogP contribution in [-0.4, -0.2) is 0 Å². The molecule has 0 spiro atoms. The van der Waals surface area contributed by atoms with Crippen LogP contribution in [0.15, 0.2) is 36.4 Å². The van der Waals surface area contributed by atoms with Crippen molar-refractivity contribution in [3.63, 3.8) is 0 Å². The summed E-state index contributed by atoms with van der Waals surface area (Å²) in [5.74, 6) is 1.40. The van der Waals surface area contributed by atoms with Gasteiger partial charge in [0, 0.05) is 0 Å². The monoisotopic (exact) mass is 294 g/mol. The van der Waals surface area contributed by atoms with Crippen molar-refractivity contribution in [2.45, 2.75) is 54.4 Å². The van der Waals surface area contributed by atoms with E-state index < -0.39 is 0 Å². The van der Waals surface area contributed by atoms with Crippen LogP contribution >= 0.6 is 0 Å². The maximum Gasteiger partial charge on any atom is -0.0250 e. The molecule has 118 valence electrons. The first-order valence-electron chi connectivity index (χ1n) is 8.49. The van der Waals surface area contributed by atoms with Crippen molar-refractivity contribution in [1.82, 2.24) is 0 Å². The third kappa shape index (κ3) is 4.22. The van der Waals surface area contributed by atoms with Crippen molar-refractivity contribution in [3.05, 3.63) is 69.8 Å². The molecule has 0 nitrogen and oxygen atoms in total. The number of benzene rings is 2. The van der Waals surface area contributed by atoms with Gasteiger partial charge in [-0.3, -0.25) is 0 Å². The Morgan fingerprint density at radius 3 is 1.27 bits per heavy atom. The molecule has 0 N–H and O–H groups in total. The Labute approximate surface area is 136 Å². The van der Waals surface area contributed by atoms with Gasteiger partial charge < -0.3 is 0 Å². The quantitative estimate of drug-likeness (QED) is 0.636. The molecule has 0 amide bonds. The van der Waals surface area contributed by atoms with Gasteiger partial charge in [0.15, 0.2) is 0 Å². The molecular formula is C22H30. The van der Waals surface area contributed by atoms with Gasteiger partial charge in [-0.1, -0.05) is 50.2 Å². The first-order valence-corrected chi connectivity index (χ1v) is 8.49. The lowest BCUT2D eigenvalue weighted by Crippen LogP contribution is -2.14. The van der Waals surface area contributed by atoms with Gasteiger partial charge in [-0.15, -0.1) is 0 Å². The molecule has 2 atom stereocenters. The number of rotatable bonds is 5. The summed E-state index contributed by atoms with van der Waals surface area (Å²) in [5, 5.41) is 0. The summed E-state index contributed by atoms with van der Waals surface area (Å²) in [5.41, 5.74) is 8.54. The van der Waals surface area contributed by atoms with Crippen molar-refractivity contribution in [2.75, 3.05) is 0 Å². The fourth-order valence-electron chi connectivity index (χ4n) is 3.01. The van der Waals surface area contributed by atoms with E-state index in [0.29, 0.717) is 11.8 Å². The van der Waals surface area contributed by atoms with Crippen LogP contribution in [0.4, 0.5) is 0 Å². The average Bonchev–Trinajstić information content (AvgIpc) is 2.46. The molecule has 2 aromatic rings. The molecule has 0 bridgehead atoms. The van der Waals surface area contributed by atoms with Crippen molar-refractivity contribution < 1.29 is 0 Å². The molecule has 0 heteroatoms. The third-order valence-corrected chi connectivity index (χ3v) is 5.23. The molecule has 0 saturated carbocycles. The van der Waals surface area contributed by atoms with Gasteiger partial charge in [0.2, 0.25) is 0 Å². The molecule has 22 heavy (non-hydrogen) atoms. The average molecular weight is 294 g/mol. The lowest BCUT2D eigenvalue weighted by Gasteiger charge is -2.21. The van der Waals surface area contributed by atoms with E-state index in [0.717, 1.165) is 0 Å². The Morgan fingerprint density at radius 2 is 0.955 bits per heavy atom. The molecule has 0 radical (unpaired) electrons. The van der Waals surface area contributed by atoms with Crippen molar-refractivity contribution in [1.29, 1.82) is 0 Å². The second-order valence-corrected chi connectivity index (χ2v) is 7.20. The highest BCUT2D eigenvalue weighted by molar-refractivity contribution is 5.31. The van der Waals surface area contributed by atoms with E-state index in [1.54, 1.807) is 0 Å². The van der Waals surface area contributed by atoms with Gasteiger partial charge in [0.25, 0.3) is 0 Å². The van der Waals surface area contributed by atoms with Crippen LogP contribution in [0.5, 0.6) is 0 Å². The standard InChI is InChI=1S/C22H30/c1-15-7-9-21(11-17(15)3)13-19(5)20(6)14-22-10-8-16(2)18(4)12-22/h7-12,19-20H,13-14H2,1-6H3. The molecule has 0 aliphatic heterocycles. The minimum absolute atomic E-state index is 0.698. The summed E-state index contributed by atoms with van der Waals surface area (Å²) >= 11 is 0. The Balaban J connectivity index is 2.00. The van der Waals surface area contributed by atoms with Gasteiger partial charge in [0.05, 0.1) is 0 Å². The highest BCUT2D eigenvalue weighted by Gasteiger charge is 2.14. The van der Waals surface area contributed by atoms with Crippen molar-refractivity contribution in [2.24, 2.45) is 11.8 Å². The summed E-state index contributed by atoms with van der Waals surface area (Å²) in [6.07, 6.45) is 2.35. The summed E-state index contributed by atoms with van der Waals surface area (Å²) in [7, 11) is 0. The van der Waals surface area contributed by atoms with Crippen LogP contribution in [0.2, 0.25) is 0 Å². The number of hydrogen-bond acceptors (Lipinski definition) is 0. The Hall–Kier alpha value is -1.56. The zero-order valence-electron chi connectivity index (χ0n) is 15.0. The molecule has 0 aliphatic rings. The molecule has 2 rings (SSSR count). The fraction of sp³-hybridized carbons (Fsp3) is 0.455. The topological polar surface area (TPSA) is 0 Å². The van der Waals surface area contributed by atoms with Gasteiger partial charge in [-0.25, -0.2) is 0 Å². The summed E-state index contributed by atoms with van der Waals surface area (Å²) in [6, 6.07) is 13.8. The second-order valence-electron chi connectivity index (χ2n) is 7.20. The molecule has 2 aromatic carbocycles. The van der Waals surface area contributed by atoms with E-state index in [1.807, 2.05) is 0 Å². The van der Waals surface area contributed by atoms with E-state index in [1.165, 1.54) is 46.2 Å². The Bertz CT molecular complexity index is 579. The molecule has 0 aliphatic carbocycles. The lowest BCUT2D eigenvalue weighted by atomic mass is 9.84. The Kier molecular flexibility index (Phi) is 5.45. The zero-order valence-corrected chi connectivity index (χ0v) is 15.0. The van der Waals surface area contributed by atoms with Crippen molar-refractivity contribution >= 4 is 0 Å². The summed E-state index contributed by atoms with van der Waals surface area (Å²) in [4.78, 5) is 0. The molecule has 0 heterocycles. The van der Waals surface area contributed by atoms with Gasteiger partial charge in [0.1, 0.15) is 0 Å². The minimum atomic E-state index is 0.698. The maximum atomic E-state index is 2.39. The summed E-state index contributed by atoms with van der Waals surface area (Å²) < 4.78 is 0. The predicted octanol–water partition coefficient (Wildman–Crippen LogP) is 5.98. The molecular weight excluding hydrogens is 264 g/mol.